The molecule has 1 aromatic rings. The van der Waals surface area contributed by atoms with E-state index < -0.39 is 0 Å². The van der Waals surface area contributed by atoms with Crippen LogP contribution in [0.3, 0.4) is 0 Å². The lowest BCUT2D eigenvalue weighted by molar-refractivity contribution is 0.103. The van der Waals surface area contributed by atoms with Crippen molar-refractivity contribution in [1.82, 2.24) is 15.3 Å². The van der Waals surface area contributed by atoms with Crippen molar-refractivity contribution in [3.05, 3.63) is 11.8 Å². The van der Waals surface area contributed by atoms with Crippen LogP contribution in [0.15, 0.2) is 6.07 Å². The highest BCUT2D eigenvalue weighted by Gasteiger charge is 2.22. The first-order chi connectivity index (χ1) is 8.81. The van der Waals surface area contributed by atoms with Gasteiger partial charge in [0.2, 0.25) is 5.95 Å². The second-order valence-corrected chi connectivity index (χ2v) is 4.82. The molecule has 2 aliphatic rings. The Kier molecular flexibility index (Phi) is 3.29. The van der Waals surface area contributed by atoms with Gasteiger partial charge in [-0.25, -0.2) is 4.98 Å². The van der Waals surface area contributed by atoms with Crippen LogP contribution in [0.2, 0.25) is 0 Å². The van der Waals surface area contributed by atoms with E-state index in [0.29, 0.717) is 18.7 Å². The third kappa shape index (κ3) is 2.88. The van der Waals surface area contributed by atoms with Crippen LogP contribution in [0.1, 0.15) is 18.5 Å². The van der Waals surface area contributed by atoms with Gasteiger partial charge in [-0.1, -0.05) is 0 Å². The predicted molar refractivity (Wildman–Crippen MR) is 69.3 cm³/mol. The number of hydrogen-bond acceptors (Lipinski definition) is 6. The number of nitrogen functional groups attached to an aromatic ring is 1. The van der Waals surface area contributed by atoms with Gasteiger partial charge in [0, 0.05) is 32.2 Å². The van der Waals surface area contributed by atoms with Crippen molar-refractivity contribution in [1.29, 1.82) is 0 Å². The number of nitrogens with two attached hydrogens (primary N) is 1. The van der Waals surface area contributed by atoms with E-state index in [2.05, 4.69) is 20.2 Å². The number of piperazine rings is 1. The largest absolute Gasteiger partial charge is 0.372 e. The van der Waals surface area contributed by atoms with Gasteiger partial charge in [-0.05, 0) is 12.8 Å². The Bertz CT molecular complexity index is 415. The lowest BCUT2D eigenvalue weighted by Gasteiger charge is -2.28. The Morgan fingerprint density at radius 2 is 2.11 bits per heavy atom. The number of nitrogens with one attached hydrogen (secondary N) is 1. The molecule has 6 heteroatoms. The van der Waals surface area contributed by atoms with Gasteiger partial charge < -0.3 is 20.7 Å². The lowest BCUT2D eigenvalue weighted by atomic mass is 10.3. The first-order valence-electron chi connectivity index (χ1n) is 6.52. The lowest BCUT2D eigenvalue weighted by Crippen LogP contribution is -2.44. The molecule has 2 heterocycles. The Hall–Kier alpha value is -1.40. The summed E-state index contributed by atoms with van der Waals surface area (Å²) < 4.78 is 5.66. The fourth-order valence-corrected chi connectivity index (χ4v) is 2.07. The molecule has 3 rings (SSSR count). The highest BCUT2D eigenvalue weighted by molar-refractivity contribution is 5.43. The predicted octanol–water partition coefficient (Wildman–Crippen LogP) is 0.147. The molecule has 0 radical (unpaired) electrons. The Morgan fingerprint density at radius 1 is 1.33 bits per heavy atom. The maximum absolute atomic E-state index is 5.77. The zero-order valence-corrected chi connectivity index (χ0v) is 10.4. The number of hydrogen-bond donors (Lipinski definition) is 2. The van der Waals surface area contributed by atoms with E-state index in [1.54, 1.807) is 0 Å². The van der Waals surface area contributed by atoms with Crippen LogP contribution in [0, 0.1) is 0 Å². The minimum atomic E-state index is 0.334. The average Bonchev–Trinajstić information content (AvgIpc) is 3.21. The number of nitrogens with zero attached hydrogens (tertiary/aromatic N) is 3. The molecule has 1 aliphatic heterocycles. The topological polar surface area (TPSA) is 76.3 Å². The van der Waals surface area contributed by atoms with E-state index in [1.165, 1.54) is 12.8 Å². The molecular formula is C12H19N5O. The molecule has 6 nitrogen and oxygen atoms in total. The SMILES string of the molecule is Nc1nc(COC2CC2)cc(N2CCNCC2)n1. The highest BCUT2D eigenvalue weighted by atomic mass is 16.5. The van der Waals surface area contributed by atoms with Crippen molar-refractivity contribution in [2.45, 2.75) is 25.6 Å². The fourth-order valence-electron chi connectivity index (χ4n) is 2.07. The van der Waals surface area contributed by atoms with Gasteiger partial charge >= 0.3 is 0 Å². The van der Waals surface area contributed by atoms with Crippen molar-refractivity contribution in [2.24, 2.45) is 0 Å². The molecule has 3 N–H and O–H groups in total. The smallest absolute Gasteiger partial charge is 0.222 e. The summed E-state index contributed by atoms with van der Waals surface area (Å²) in [6.45, 7) is 4.42. The molecule has 2 fully saturated rings. The minimum absolute atomic E-state index is 0.334. The molecule has 0 unspecified atom stereocenters. The van der Waals surface area contributed by atoms with Crippen LogP contribution in [0.25, 0.3) is 0 Å². The van der Waals surface area contributed by atoms with Gasteiger partial charge in [-0.15, -0.1) is 0 Å². The van der Waals surface area contributed by atoms with Gasteiger partial charge in [-0.2, -0.15) is 4.98 Å². The third-order valence-corrected chi connectivity index (χ3v) is 3.22. The molecule has 0 spiro atoms. The quantitative estimate of drug-likeness (QED) is 0.791. The van der Waals surface area contributed by atoms with Crippen molar-refractivity contribution >= 4 is 11.8 Å². The van der Waals surface area contributed by atoms with Crippen molar-refractivity contribution in [3.63, 3.8) is 0 Å². The van der Waals surface area contributed by atoms with E-state index in [1.807, 2.05) is 6.07 Å². The van der Waals surface area contributed by atoms with Crippen LogP contribution >= 0.6 is 0 Å². The minimum Gasteiger partial charge on any atom is -0.372 e. The van der Waals surface area contributed by atoms with Crippen molar-refractivity contribution < 1.29 is 4.74 Å². The van der Waals surface area contributed by atoms with Crippen molar-refractivity contribution in [2.75, 3.05) is 36.8 Å². The van der Waals surface area contributed by atoms with Crippen LogP contribution in [-0.2, 0) is 11.3 Å². The summed E-state index contributed by atoms with van der Waals surface area (Å²) in [5.74, 6) is 1.25. The summed E-state index contributed by atoms with van der Waals surface area (Å²) in [5.41, 5.74) is 6.65. The van der Waals surface area contributed by atoms with E-state index in [4.69, 9.17) is 10.5 Å². The number of anilines is 2. The number of ether oxygens (including phenoxy) is 1. The van der Waals surface area contributed by atoms with E-state index in [9.17, 15) is 0 Å². The Labute approximate surface area is 107 Å². The van der Waals surface area contributed by atoms with Crippen LogP contribution in [-0.4, -0.2) is 42.3 Å². The van der Waals surface area contributed by atoms with Gasteiger partial charge in [0.05, 0.1) is 18.4 Å². The molecule has 1 saturated heterocycles. The maximum atomic E-state index is 5.77. The van der Waals surface area contributed by atoms with Gasteiger partial charge in [0.1, 0.15) is 5.82 Å². The van der Waals surface area contributed by atoms with Crippen molar-refractivity contribution in [3.8, 4) is 0 Å². The summed E-state index contributed by atoms with van der Waals surface area (Å²) in [5, 5.41) is 3.32. The standard InChI is InChI=1S/C12H19N5O/c13-12-15-9(8-18-10-1-2-10)7-11(16-12)17-5-3-14-4-6-17/h7,10,14H,1-6,8H2,(H2,13,15,16). The molecule has 18 heavy (non-hydrogen) atoms. The zero-order chi connectivity index (χ0) is 12.4. The Morgan fingerprint density at radius 3 is 2.83 bits per heavy atom. The first-order valence-corrected chi connectivity index (χ1v) is 6.52. The normalized spacial score (nSPS) is 20.1. The van der Waals surface area contributed by atoms with Crippen LogP contribution in [0.5, 0.6) is 0 Å². The van der Waals surface area contributed by atoms with Crippen LogP contribution in [0.4, 0.5) is 11.8 Å². The second kappa shape index (κ2) is 5.07. The van der Waals surface area contributed by atoms with Gasteiger partial charge in [0.25, 0.3) is 0 Å². The van der Waals surface area contributed by atoms with E-state index >= 15 is 0 Å². The maximum Gasteiger partial charge on any atom is 0.222 e. The van der Waals surface area contributed by atoms with E-state index in [0.717, 1.165) is 37.7 Å². The molecule has 0 amide bonds. The first kappa shape index (κ1) is 11.7. The highest BCUT2D eigenvalue weighted by Crippen LogP contribution is 2.25. The molecule has 1 saturated carbocycles. The monoisotopic (exact) mass is 249 g/mol. The number of rotatable bonds is 4. The number of aromatic nitrogens is 2. The molecule has 1 aromatic heterocycles. The summed E-state index contributed by atoms with van der Waals surface area (Å²) >= 11 is 0. The van der Waals surface area contributed by atoms with Crippen LogP contribution < -0.4 is 16.0 Å². The second-order valence-electron chi connectivity index (χ2n) is 4.82. The summed E-state index contributed by atoms with van der Waals surface area (Å²) in [6.07, 6.45) is 2.78. The summed E-state index contributed by atoms with van der Waals surface area (Å²) in [4.78, 5) is 10.8. The molecule has 0 bridgehead atoms. The molecule has 0 aromatic carbocycles. The van der Waals surface area contributed by atoms with Gasteiger partial charge in [-0.3, -0.25) is 0 Å². The third-order valence-electron chi connectivity index (χ3n) is 3.22. The van der Waals surface area contributed by atoms with Gasteiger partial charge in [0.15, 0.2) is 0 Å². The summed E-state index contributed by atoms with van der Waals surface area (Å²) in [7, 11) is 0. The molecule has 98 valence electrons. The van der Waals surface area contributed by atoms with E-state index in [-0.39, 0.29) is 0 Å². The molecule has 1 aliphatic carbocycles. The summed E-state index contributed by atoms with van der Waals surface area (Å²) in [6, 6.07) is 1.99. The fraction of sp³-hybridized carbons (Fsp3) is 0.667. The average molecular weight is 249 g/mol. The zero-order valence-electron chi connectivity index (χ0n) is 10.4. The Balaban J connectivity index is 1.71. The molecular weight excluding hydrogens is 230 g/mol. The molecule has 0 atom stereocenters.